The van der Waals surface area contributed by atoms with Gasteiger partial charge in [-0.15, -0.1) is 0 Å². The summed E-state index contributed by atoms with van der Waals surface area (Å²) in [4.78, 5) is 23.1. The number of unbranched alkanes of at least 4 members (excludes halogenated alkanes) is 2. The number of benzene rings is 1. The van der Waals surface area contributed by atoms with Crippen LogP contribution in [-0.2, 0) is 14.3 Å². The fraction of sp³-hybridized carbons (Fsp3) is 0.556. The zero-order valence-electron chi connectivity index (χ0n) is 14.2. The molecule has 0 radical (unpaired) electrons. The Morgan fingerprint density at radius 1 is 1.17 bits per heavy atom. The molecule has 0 aliphatic rings. The zero-order chi connectivity index (χ0) is 17.9. The van der Waals surface area contributed by atoms with E-state index in [0.717, 1.165) is 18.6 Å². The molecule has 0 aromatic heterocycles. The van der Waals surface area contributed by atoms with Crippen LogP contribution in [0.4, 0.5) is 0 Å². The maximum absolute atomic E-state index is 11.8. The highest BCUT2D eigenvalue weighted by atomic mass is 35.5. The minimum Gasteiger partial charge on any atom is -0.494 e. The number of carboxylic acids is 1. The number of aliphatic carboxylic acids is 1. The molecule has 134 valence electrons. The van der Waals surface area contributed by atoms with E-state index in [9.17, 15) is 9.59 Å². The number of carbonyl (C=O) groups is 2. The first-order valence-electron chi connectivity index (χ1n) is 8.25. The average molecular weight is 357 g/mol. The van der Waals surface area contributed by atoms with Gasteiger partial charge in [0.15, 0.2) is 5.92 Å². The lowest BCUT2D eigenvalue weighted by Gasteiger charge is -2.15. The van der Waals surface area contributed by atoms with Crippen molar-refractivity contribution in [3.05, 3.63) is 29.3 Å². The van der Waals surface area contributed by atoms with Gasteiger partial charge < -0.3 is 14.6 Å². The third-order valence-electron chi connectivity index (χ3n) is 3.69. The van der Waals surface area contributed by atoms with Crippen molar-refractivity contribution >= 4 is 23.5 Å². The second kappa shape index (κ2) is 10.9. The maximum atomic E-state index is 11.8. The Bertz CT molecular complexity index is 515. The number of halogens is 1. The summed E-state index contributed by atoms with van der Waals surface area (Å²) in [5, 5.41) is 9.83. The van der Waals surface area contributed by atoms with Crippen LogP contribution in [-0.4, -0.2) is 29.8 Å². The molecule has 0 aliphatic heterocycles. The Morgan fingerprint density at radius 2 is 1.83 bits per heavy atom. The Balaban J connectivity index is 2.24. The van der Waals surface area contributed by atoms with Crippen LogP contribution in [0.2, 0.25) is 5.02 Å². The quantitative estimate of drug-likeness (QED) is 0.363. The summed E-state index contributed by atoms with van der Waals surface area (Å²) in [6.07, 6.45) is 2.90. The van der Waals surface area contributed by atoms with Gasteiger partial charge in [0.05, 0.1) is 12.7 Å². The molecule has 0 aliphatic carbocycles. The number of carbonyl (C=O) groups excluding carboxylic acids is 1. The van der Waals surface area contributed by atoms with Gasteiger partial charge in [0, 0.05) is 5.02 Å². The first-order chi connectivity index (χ1) is 11.4. The molecule has 0 heterocycles. The van der Waals surface area contributed by atoms with Crippen molar-refractivity contribution in [1.29, 1.82) is 0 Å². The van der Waals surface area contributed by atoms with Gasteiger partial charge in [-0.3, -0.25) is 9.59 Å². The molecule has 2 atom stereocenters. The van der Waals surface area contributed by atoms with Gasteiger partial charge in [-0.1, -0.05) is 31.4 Å². The average Bonchev–Trinajstić information content (AvgIpc) is 2.55. The summed E-state index contributed by atoms with van der Waals surface area (Å²) in [5.74, 6) is -2.11. The SMILES string of the molecule is CCC(C)OC(=O)C(CCCCCOc1ccc(Cl)cc1)C(=O)O. The largest absolute Gasteiger partial charge is 0.494 e. The van der Waals surface area contributed by atoms with E-state index in [4.69, 9.17) is 26.2 Å². The molecule has 1 aromatic rings. The summed E-state index contributed by atoms with van der Waals surface area (Å²) >= 11 is 5.79. The van der Waals surface area contributed by atoms with Crippen LogP contribution in [0.1, 0.15) is 46.0 Å². The smallest absolute Gasteiger partial charge is 0.320 e. The number of ether oxygens (including phenoxy) is 2. The van der Waals surface area contributed by atoms with Gasteiger partial charge in [0.25, 0.3) is 0 Å². The maximum Gasteiger partial charge on any atom is 0.320 e. The van der Waals surface area contributed by atoms with Crippen molar-refractivity contribution in [2.45, 2.75) is 52.1 Å². The lowest BCUT2D eigenvalue weighted by Crippen LogP contribution is -2.28. The van der Waals surface area contributed by atoms with Gasteiger partial charge in [0.2, 0.25) is 0 Å². The van der Waals surface area contributed by atoms with Crippen LogP contribution in [0.5, 0.6) is 5.75 Å². The molecule has 5 nitrogen and oxygen atoms in total. The lowest BCUT2D eigenvalue weighted by molar-refractivity contribution is -0.162. The van der Waals surface area contributed by atoms with Crippen LogP contribution in [0.25, 0.3) is 0 Å². The molecular weight excluding hydrogens is 332 g/mol. The Kier molecular flexibility index (Phi) is 9.23. The zero-order valence-corrected chi connectivity index (χ0v) is 14.9. The molecular formula is C18H25ClO5. The van der Waals surface area contributed by atoms with Gasteiger partial charge >= 0.3 is 11.9 Å². The highest BCUT2D eigenvalue weighted by Gasteiger charge is 2.28. The summed E-state index contributed by atoms with van der Waals surface area (Å²) < 4.78 is 10.7. The molecule has 0 bridgehead atoms. The number of rotatable bonds is 11. The van der Waals surface area contributed by atoms with Crippen molar-refractivity contribution in [3.63, 3.8) is 0 Å². The van der Waals surface area contributed by atoms with Crippen molar-refractivity contribution in [2.24, 2.45) is 5.92 Å². The van der Waals surface area contributed by atoms with E-state index >= 15 is 0 Å². The molecule has 1 aromatic carbocycles. The predicted molar refractivity (Wildman–Crippen MR) is 92.4 cm³/mol. The van der Waals surface area contributed by atoms with Crippen molar-refractivity contribution in [1.82, 2.24) is 0 Å². The first kappa shape index (κ1) is 20.3. The van der Waals surface area contributed by atoms with E-state index < -0.39 is 17.9 Å². The van der Waals surface area contributed by atoms with Gasteiger partial charge in [0.1, 0.15) is 5.75 Å². The van der Waals surface area contributed by atoms with Crippen molar-refractivity contribution in [2.75, 3.05) is 6.61 Å². The Labute approximate surface area is 147 Å². The molecule has 6 heteroatoms. The fourth-order valence-corrected chi connectivity index (χ4v) is 2.18. The summed E-state index contributed by atoms with van der Waals surface area (Å²) in [7, 11) is 0. The standard InChI is InChI=1S/C18H25ClO5/c1-3-13(2)24-18(22)16(17(20)21)7-5-4-6-12-23-15-10-8-14(19)9-11-15/h8-11,13,16H,3-7,12H2,1-2H3,(H,20,21). The van der Waals surface area contributed by atoms with Crippen molar-refractivity contribution in [3.8, 4) is 5.75 Å². The normalized spacial score (nSPS) is 13.1. The van der Waals surface area contributed by atoms with Crippen LogP contribution < -0.4 is 4.74 Å². The number of esters is 1. The monoisotopic (exact) mass is 356 g/mol. The Morgan fingerprint density at radius 3 is 2.42 bits per heavy atom. The Hall–Kier alpha value is -1.75. The van der Waals surface area contributed by atoms with E-state index in [0.29, 0.717) is 24.5 Å². The summed E-state index contributed by atoms with van der Waals surface area (Å²) in [5.41, 5.74) is 0. The first-order valence-corrected chi connectivity index (χ1v) is 8.63. The molecule has 0 amide bonds. The third-order valence-corrected chi connectivity index (χ3v) is 3.95. The second-order valence-electron chi connectivity index (χ2n) is 5.70. The molecule has 1 rings (SSSR count). The van der Waals surface area contributed by atoms with Crippen LogP contribution in [0.3, 0.4) is 0 Å². The van der Waals surface area contributed by atoms with Gasteiger partial charge in [-0.25, -0.2) is 0 Å². The van der Waals surface area contributed by atoms with Crippen LogP contribution in [0.15, 0.2) is 24.3 Å². The van der Waals surface area contributed by atoms with Gasteiger partial charge in [-0.05, 0) is 50.5 Å². The third kappa shape index (κ3) is 7.68. The highest BCUT2D eigenvalue weighted by Crippen LogP contribution is 2.17. The minimum atomic E-state index is -1.12. The number of hydrogen-bond acceptors (Lipinski definition) is 4. The number of hydrogen-bond donors (Lipinski definition) is 1. The molecule has 1 N–H and O–H groups in total. The van der Waals surface area contributed by atoms with E-state index in [1.807, 2.05) is 6.92 Å². The van der Waals surface area contributed by atoms with Gasteiger partial charge in [-0.2, -0.15) is 0 Å². The lowest BCUT2D eigenvalue weighted by atomic mass is 10.0. The van der Waals surface area contributed by atoms with E-state index in [2.05, 4.69) is 0 Å². The molecule has 0 fully saturated rings. The summed E-state index contributed by atoms with van der Waals surface area (Å²) in [6.45, 7) is 4.18. The minimum absolute atomic E-state index is 0.257. The molecule has 0 saturated carbocycles. The molecule has 2 unspecified atom stereocenters. The molecule has 0 saturated heterocycles. The topological polar surface area (TPSA) is 72.8 Å². The molecule has 0 spiro atoms. The number of carboxylic acid groups (broad SMARTS) is 1. The van der Waals surface area contributed by atoms with Crippen molar-refractivity contribution < 1.29 is 24.2 Å². The van der Waals surface area contributed by atoms with Crippen LogP contribution in [0, 0.1) is 5.92 Å². The highest BCUT2D eigenvalue weighted by molar-refractivity contribution is 6.30. The van der Waals surface area contributed by atoms with Crippen LogP contribution >= 0.6 is 11.6 Å². The van der Waals surface area contributed by atoms with E-state index in [1.165, 1.54) is 0 Å². The second-order valence-corrected chi connectivity index (χ2v) is 6.13. The van der Waals surface area contributed by atoms with E-state index in [1.54, 1.807) is 31.2 Å². The fourth-order valence-electron chi connectivity index (χ4n) is 2.05. The molecule has 24 heavy (non-hydrogen) atoms. The van der Waals surface area contributed by atoms with E-state index in [-0.39, 0.29) is 12.5 Å². The summed E-state index contributed by atoms with van der Waals surface area (Å²) in [6, 6.07) is 7.12. The predicted octanol–water partition coefficient (Wildman–Crippen LogP) is 4.32.